The number of nitrogens with zero attached hydrogens (tertiary/aromatic N) is 6. The zero-order valence-corrected chi connectivity index (χ0v) is 15.2. The van der Waals surface area contributed by atoms with Crippen LogP contribution in [0.15, 0.2) is 55.0 Å². The first-order valence-corrected chi connectivity index (χ1v) is 9.27. The van der Waals surface area contributed by atoms with Gasteiger partial charge in [-0.1, -0.05) is 6.07 Å². The summed E-state index contributed by atoms with van der Waals surface area (Å²) >= 11 is 0. The highest BCUT2D eigenvalue weighted by atomic mass is 15.2. The number of imidazole rings is 1. The van der Waals surface area contributed by atoms with Gasteiger partial charge in [0.2, 0.25) is 0 Å². The molecule has 0 saturated carbocycles. The number of fused-ring (bicyclic) bond motifs is 1. The van der Waals surface area contributed by atoms with Crippen LogP contribution in [0.3, 0.4) is 0 Å². The van der Waals surface area contributed by atoms with Crippen LogP contribution in [-0.2, 0) is 0 Å². The number of anilines is 1. The van der Waals surface area contributed by atoms with Gasteiger partial charge in [0.1, 0.15) is 17.0 Å². The molecular formula is C21H20N6. The molecule has 4 aromatic heterocycles. The third kappa shape index (κ3) is 2.83. The van der Waals surface area contributed by atoms with Crippen LogP contribution in [0, 0.1) is 6.92 Å². The van der Waals surface area contributed by atoms with Crippen LogP contribution in [-0.4, -0.2) is 37.6 Å². The minimum absolute atomic E-state index is 0.777. The topological polar surface area (TPSA) is 59.7 Å². The molecule has 1 saturated heterocycles. The molecule has 5 rings (SSSR count). The Morgan fingerprint density at radius 1 is 0.926 bits per heavy atom. The number of aryl methyl sites for hydroxylation is 1. The van der Waals surface area contributed by atoms with Crippen molar-refractivity contribution in [2.75, 3.05) is 18.0 Å². The molecule has 6 nitrogen and oxygen atoms in total. The summed E-state index contributed by atoms with van der Waals surface area (Å²) in [5.74, 6) is 1.81. The Kier molecular flexibility index (Phi) is 3.81. The second kappa shape index (κ2) is 6.46. The third-order valence-corrected chi connectivity index (χ3v) is 4.95. The van der Waals surface area contributed by atoms with Gasteiger partial charge in [-0.2, -0.15) is 0 Å². The summed E-state index contributed by atoms with van der Waals surface area (Å²) in [7, 11) is 0. The zero-order valence-electron chi connectivity index (χ0n) is 15.2. The summed E-state index contributed by atoms with van der Waals surface area (Å²) in [5, 5.41) is 0. The van der Waals surface area contributed by atoms with E-state index in [-0.39, 0.29) is 0 Å². The van der Waals surface area contributed by atoms with Gasteiger partial charge in [0.05, 0.1) is 11.9 Å². The summed E-state index contributed by atoms with van der Waals surface area (Å²) in [5.41, 5.74) is 4.52. The molecule has 0 unspecified atom stereocenters. The first-order valence-electron chi connectivity index (χ1n) is 9.27. The van der Waals surface area contributed by atoms with Crippen LogP contribution in [0.1, 0.15) is 18.4 Å². The smallest absolute Gasteiger partial charge is 0.165 e. The van der Waals surface area contributed by atoms with Crippen LogP contribution in [0.2, 0.25) is 0 Å². The second-order valence-electron chi connectivity index (χ2n) is 6.91. The molecular weight excluding hydrogens is 336 g/mol. The van der Waals surface area contributed by atoms with Crippen LogP contribution >= 0.6 is 0 Å². The van der Waals surface area contributed by atoms with Crippen molar-refractivity contribution in [3.8, 4) is 17.2 Å². The fourth-order valence-corrected chi connectivity index (χ4v) is 3.62. The number of aromatic nitrogens is 5. The SMILES string of the molecule is Cc1cnc2c(c1)nc(-c1ccccn1)n2-c1ccc(N2CCCC2)nc1. The number of rotatable bonds is 3. The Morgan fingerprint density at radius 2 is 1.81 bits per heavy atom. The normalized spacial score (nSPS) is 14.2. The standard InChI is InChI=1S/C21H20N6/c1-15-12-18-20(24-13-15)27(21(25-18)17-6-2-3-9-22-17)16-7-8-19(23-14-16)26-10-4-5-11-26/h2-3,6-9,12-14H,4-5,10-11H2,1H3. The quantitative estimate of drug-likeness (QED) is 0.559. The van der Waals surface area contributed by atoms with Crippen LogP contribution in [0.25, 0.3) is 28.4 Å². The Balaban J connectivity index is 1.67. The zero-order chi connectivity index (χ0) is 18.2. The lowest BCUT2D eigenvalue weighted by Gasteiger charge is -2.16. The van der Waals surface area contributed by atoms with E-state index in [1.165, 1.54) is 12.8 Å². The molecule has 1 aliphatic heterocycles. The van der Waals surface area contributed by atoms with Crippen LogP contribution < -0.4 is 4.90 Å². The Morgan fingerprint density at radius 3 is 2.56 bits per heavy atom. The minimum Gasteiger partial charge on any atom is -0.357 e. The minimum atomic E-state index is 0.777. The highest BCUT2D eigenvalue weighted by Gasteiger charge is 2.18. The fraction of sp³-hybridized carbons (Fsp3) is 0.238. The van der Waals surface area contributed by atoms with Gasteiger partial charge in [-0.3, -0.25) is 9.55 Å². The van der Waals surface area contributed by atoms with E-state index in [2.05, 4.69) is 33.1 Å². The lowest BCUT2D eigenvalue weighted by Crippen LogP contribution is -2.18. The molecule has 1 fully saturated rings. The van der Waals surface area contributed by atoms with E-state index < -0.39 is 0 Å². The van der Waals surface area contributed by atoms with Gasteiger partial charge in [0.15, 0.2) is 11.5 Å². The van der Waals surface area contributed by atoms with Crippen LogP contribution in [0.4, 0.5) is 5.82 Å². The molecule has 0 aliphatic carbocycles. The summed E-state index contributed by atoms with van der Waals surface area (Å²) in [4.78, 5) is 21.0. The summed E-state index contributed by atoms with van der Waals surface area (Å²) < 4.78 is 2.04. The molecule has 6 heteroatoms. The number of hydrogen-bond acceptors (Lipinski definition) is 5. The van der Waals surface area contributed by atoms with Gasteiger partial charge in [-0.15, -0.1) is 0 Å². The number of pyridine rings is 3. The Hall–Kier alpha value is -3.28. The summed E-state index contributed by atoms with van der Waals surface area (Å²) in [6.45, 7) is 4.19. The van der Waals surface area contributed by atoms with Crippen molar-refractivity contribution in [3.05, 3.63) is 60.6 Å². The second-order valence-corrected chi connectivity index (χ2v) is 6.91. The van der Waals surface area contributed by atoms with Crippen molar-refractivity contribution < 1.29 is 0 Å². The van der Waals surface area contributed by atoms with Crippen molar-refractivity contribution in [1.82, 2.24) is 24.5 Å². The fourth-order valence-electron chi connectivity index (χ4n) is 3.62. The molecule has 0 atom stereocenters. The van der Waals surface area contributed by atoms with E-state index in [9.17, 15) is 0 Å². The molecule has 134 valence electrons. The molecule has 0 spiro atoms. The van der Waals surface area contributed by atoms with Gasteiger partial charge in [-0.25, -0.2) is 15.0 Å². The van der Waals surface area contributed by atoms with E-state index in [1.807, 2.05) is 42.1 Å². The van der Waals surface area contributed by atoms with Crippen molar-refractivity contribution in [2.45, 2.75) is 19.8 Å². The van der Waals surface area contributed by atoms with Gasteiger partial charge in [0.25, 0.3) is 0 Å². The molecule has 0 N–H and O–H groups in total. The Bertz CT molecular complexity index is 1080. The molecule has 5 heterocycles. The molecule has 4 aromatic rings. The first-order chi connectivity index (χ1) is 13.3. The summed E-state index contributed by atoms with van der Waals surface area (Å²) in [6.07, 6.45) is 8.04. The average molecular weight is 356 g/mol. The van der Waals surface area contributed by atoms with Gasteiger partial charge in [-0.05, 0) is 55.7 Å². The first kappa shape index (κ1) is 15.9. The van der Waals surface area contributed by atoms with E-state index in [0.29, 0.717) is 0 Å². The molecule has 27 heavy (non-hydrogen) atoms. The van der Waals surface area contributed by atoms with Crippen molar-refractivity contribution >= 4 is 17.0 Å². The van der Waals surface area contributed by atoms with Gasteiger partial charge in [0, 0.05) is 25.5 Å². The maximum absolute atomic E-state index is 4.82. The predicted octanol–water partition coefficient (Wildman–Crippen LogP) is 3.79. The van der Waals surface area contributed by atoms with Crippen molar-refractivity contribution in [2.24, 2.45) is 0 Å². The Labute approximate surface area is 157 Å². The van der Waals surface area contributed by atoms with E-state index in [4.69, 9.17) is 9.97 Å². The summed E-state index contributed by atoms with van der Waals surface area (Å²) in [6, 6.07) is 12.1. The van der Waals surface area contributed by atoms with Gasteiger partial charge >= 0.3 is 0 Å². The monoisotopic (exact) mass is 356 g/mol. The maximum Gasteiger partial charge on any atom is 0.165 e. The molecule has 1 aliphatic rings. The van der Waals surface area contributed by atoms with E-state index in [1.54, 1.807) is 6.20 Å². The molecule has 0 bridgehead atoms. The lowest BCUT2D eigenvalue weighted by molar-refractivity contribution is 0.931. The van der Waals surface area contributed by atoms with Crippen molar-refractivity contribution in [1.29, 1.82) is 0 Å². The maximum atomic E-state index is 4.82. The molecule has 0 aromatic carbocycles. The third-order valence-electron chi connectivity index (χ3n) is 4.95. The largest absolute Gasteiger partial charge is 0.357 e. The van der Waals surface area contributed by atoms with Crippen molar-refractivity contribution in [3.63, 3.8) is 0 Å². The number of hydrogen-bond donors (Lipinski definition) is 0. The molecule has 0 amide bonds. The highest BCUT2D eigenvalue weighted by Crippen LogP contribution is 2.27. The highest BCUT2D eigenvalue weighted by molar-refractivity contribution is 5.79. The lowest BCUT2D eigenvalue weighted by atomic mass is 10.3. The van der Waals surface area contributed by atoms with E-state index >= 15 is 0 Å². The van der Waals surface area contributed by atoms with E-state index in [0.717, 1.165) is 52.8 Å². The predicted molar refractivity (Wildman–Crippen MR) is 106 cm³/mol. The molecule has 0 radical (unpaired) electrons. The average Bonchev–Trinajstić information content (AvgIpc) is 3.36. The van der Waals surface area contributed by atoms with Crippen LogP contribution in [0.5, 0.6) is 0 Å². The van der Waals surface area contributed by atoms with Gasteiger partial charge < -0.3 is 4.90 Å².